The average Bonchev–Trinajstić information content (AvgIpc) is 2.05. The van der Waals surface area contributed by atoms with Crippen molar-refractivity contribution in [1.29, 1.82) is 5.53 Å². The summed E-state index contributed by atoms with van der Waals surface area (Å²) >= 11 is 0. The van der Waals surface area contributed by atoms with Gasteiger partial charge >= 0.3 is 0 Å². The van der Waals surface area contributed by atoms with Crippen LogP contribution in [0.5, 0.6) is 0 Å². The molecule has 1 rings (SSSR count). The van der Waals surface area contributed by atoms with Crippen molar-refractivity contribution >= 4 is 11.5 Å². The van der Waals surface area contributed by atoms with Gasteiger partial charge < -0.3 is 5.73 Å². The fourth-order valence-electron chi connectivity index (χ4n) is 0.885. The second-order valence-corrected chi connectivity index (χ2v) is 2.94. The van der Waals surface area contributed by atoms with Crippen LogP contribution in [0.4, 0.5) is 11.5 Å². The van der Waals surface area contributed by atoms with E-state index in [-0.39, 0.29) is 0 Å². The van der Waals surface area contributed by atoms with Gasteiger partial charge in [-0.3, -0.25) is 0 Å². The largest absolute Gasteiger partial charge is 0.382 e. The third-order valence-electron chi connectivity index (χ3n) is 1.71. The molecule has 1 heterocycles. The van der Waals surface area contributed by atoms with E-state index in [4.69, 9.17) is 11.3 Å². The van der Waals surface area contributed by atoms with Crippen molar-refractivity contribution in [3.63, 3.8) is 0 Å². The van der Waals surface area contributed by atoms with Gasteiger partial charge in [0.15, 0.2) is 5.82 Å². The van der Waals surface area contributed by atoms with Crippen molar-refractivity contribution in [1.82, 2.24) is 4.98 Å². The van der Waals surface area contributed by atoms with Gasteiger partial charge in [-0.2, -0.15) is 5.11 Å². The molecule has 0 aliphatic rings. The molecule has 0 radical (unpaired) electrons. The van der Waals surface area contributed by atoms with Crippen LogP contribution < -0.4 is 5.73 Å². The summed E-state index contributed by atoms with van der Waals surface area (Å²) in [7, 11) is 0. The highest BCUT2D eigenvalue weighted by Gasteiger charge is 2.03. The highest BCUT2D eigenvalue weighted by atomic mass is 15.0. The lowest BCUT2D eigenvalue weighted by Crippen LogP contribution is -1.94. The van der Waals surface area contributed by atoms with Gasteiger partial charge in [0.2, 0.25) is 0 Å². The smallest absolute Gasteiger partial charge is 0.151 e. The van der Waals surface area contributed by atoms with Gasteiger partial charge in [0.1, 0.15) is 5.69 Å². The summed E-state index contributed by atoms with van der Waals surface area (Å²) in [5, 5.41) is 3.28. The number of nitrogen functional groups attached to an aromatic ring is 1. The lowest BCUT2D eigenvalue weighted by molar-refractivity contribution is 0.858. The van der Waals surface area contributed by atoms with Crippen molar-refractivity contribution < 1.29 is 0 Å². The maximum atomic E-state index is 6.83. The summed E-state index contributed by atoms with van der Waals surface area (Å²) in [5.74, 6) is 0.702. The topological polar surface area (TPSA) is 75.1 Å². The van der Waals surface area contributed by atoms with Crippen LogP contribution in [0, 0.1) is 5.53 Å². The molecule has 1 aromatic rings. The third kappa shape index (κ3) is 1.58. The quantitative estimate of drug-likeness (QED) is 0.659. The molecule has 0 unspecified atom stereocenters. The van der Waals surface area contributed by atoms with Crippen molar-refractivity contribution in [3.8, 4) is 0 Å². The van der Waals surface area contributed by atoms with Crippen molar-refractivity contribution in [2.24, 2.45) is 5.11 Å². The van der Waals surface area contributed by atoms with Gasteiger partial charge in [0.05, 0.1) is 0 Å². The molecular weight excluding hydrogens is 152 g/mol. The minimum Gasteiger partial charge on any atom is -0.382 e. The molecule has 0 aromatic carbocycles. The Balaban J connectivity index is 3.13. The molecule has 3 N–H and O–H groups in total. The number of aromatic nitrogens is 1. The Bertz CT molecular complexity index is 293. The first-order chi connectivity index (χ1) is 5.65. The zero-order chi connectivity index (χ0) is 9.14. The summed E-state index contributed by atoms with van der Waals surface area (Å²) in [6, 6.07) is 1.79. The average molecular weight is 164 g/mol. The Morgan fingerprint density at radius 3 is 2.75 bits per heavy atom. The van der Waals surface area contributed by atoms with Crippen molar-refractivity contribution in [2.75, 3.05) is 5.73 Å². The maximum Gasteiger partial charge on any atom is 0.151 e. The van der Waals surface area contributed by atoms with E-state index in [9.17, 15) is 0 Å². The summed E-state index contributed by atoms with van der Waals surface area (Å²) in [4.78, 5) is 3.94. The Labute approximate surface area is 71.3 Å². The number of nitrogens with one attached hydrogen (secondary N) is 1. The zero-order valence-corrected chi connectivity index (χ0v) is 7.20. The Morgan fingerprint density at radius 1 is 1.58 bits per heavy atom. The predicted octanol–water partition coefficient (Wildman–Crippen LogP) is 2.45. The molecule has 0 spiro atoms. The van der Waals surface area contributed by atoms with E-state index in [1.807, 2.05) is 0 Å². The lowest BCUT2D eigenvalue weighted by Gasteiger charge is -2.05. The summed E-state index contributed by atoms with van der Waals surface area (Å²) < 4.78 is 0. The normalized spacial score (nSPS) is 10.2. The number of nitrogens with two attached hydrogens (primary N) is 1. The highest BCUT2D eigenvalue weighted by Crippen LogP contribution is 2.23. The van der Waals surface area contributed by atoms with Crippen LogP contribution in [0.2, 0.25) is 0 Å². The number of hydrogen-bond donors (Lipinski definition) is 2. The first kappa shape index (κ1) is 8.64. The van der Waals surface area contributed by atoms with E-state index < -0.39 is 0 Å². The molecule has 0 amide bonds. The summed E-state index contributed by atoms with van der Waals surface area (Å²) in [6.07, 6.45) is 1.72. The van der Waals surface area contributed by atoms with E-state index in [0.29, 0.717) is 17.4 Å². The molecule has 64 valence electrons. The second kappa shape index (κ2) is 3.30. The van der Waals surface area contributed by atoms with Crippen LogP contribution in [-0.4, -0.2) is 4.98 Å². The Hall–Kier alpha value is -1.45. The van der Waals surface area contributed by atoms with E-state index >= 15 is 0 Å². The molecule has 0 aliphatic carbocycles. The first-order valence-electron chi connectivity index (χ1n) is 3.78. The summed E-state index contributed by atoms with van der Waals surface area (Å²) in [6.45, 7) is 4.11. The molecule has 4 heteroatoms. The molecule has 0 bridgehead atoms. The SMILES string of the molecule is CC(C)c1cnc(N)c(N=N)c1. The van der Waals surface area contributed by atoms with Crippen LogP contribution >= 0.6 is 0 Å². The van der Waals surface area contributed by atoms with E-state index in [0.717, 1.165) is 5.56 Å². The van der Waals surface area contributed by atoms with Crippen molar-refractivity contribution in [3.05, 3.63) is 17.8 Å². The zero-order valence-electron chi connectivity index (χ0n) is 7.20. The summed E-state index contributed by atoms with van der Waals surface area (Å²) in [5.41, 5.74) is 13.8. The lowest BCUT2D eigenvalue weighted by atomic mass is 10.1. The molecular formula is C8H12N4. The van der Waals surface area contributed by atoms with Crippen LogP contribution in [-0.2, 0) is 0 Å². The minimum atomic E-state index is 0.314. The van der Waals surface area contributed by atoms with E-state index in [1.54, 1.807) is 12.3 Å². The maximum absolute atomic E-state index is 6.83. The minimum absolute atomic E-state index is 0.314. The molecule has 12 heavy (non-hydrogen) atoms. The van der Waals surface area contributed by atoms with Gasteiger partial charge in [-0.25, -0.2) is 10.5 Å². The fourth-order valence-corrected chi connectivity index (χ4v) is 0.885. The number of anilines is 1. The van der Waals surface area contributed by atoms with Crippen LogP contribution in [0.3, 0.4) is 0 Å². The third-order valence-corrected chi connectivity index (χ3v) is 1.71. The van der Waals surface area contributed by atoms with Crippen LogP contribution in [0.25, 0.3) is 0 Å². The molecule has 0 saturated heterocycles. The number of hydrogen-bond acceptors (Lipinski definition) is 4. The monoisotopic (exact) mass is 164 g/mol. The molecule has 0 fully saturated rings. The van der Waals surface area contributed by atoms with Gasteiger partial charge in [-0.05, 0) is 17.5 Å². The molecule has 4 nitrogen and oxygen atoms in total. The van der Waals surface area contributed by atoms with Gasteiger partial charge in [0, 0.05) is 6.20 Å². The van der Waals surface area contributed by atoms with Gasteiger partial charge in [-0.1, -0.05) is 13.8 Å². The Kier molecular flexibility index (Phi) is 2.38. The molecule has 1 aromatic heterocycles. The van der Waals surface area contributed by atoms with E-state index in [1.165, 1.54) is 0 Å². The number of rotatable bonds is 2. The Morgan fingerprint density at radius 2 is 2.25 bits per heavy atom. The second-order valence-electron chi connectivity index (χ2n) is 2.94. The van der Waals surface area contributed by atoms with E-state index in [2.05, 4.69) is 23.9 Å². The molecule has 0 saturated carbocycles. The number of pyridine rings is 1. The van der Waals surface area contributed by atoms with Crippen LogP contribution in [0.1, 0.15) is 25.3 Å². The van der Waals surface area contributed by atoms with Crippen LogP contribution in [0.15, 0.2) is 17.4 Å². The standard InChI is InChI=1S/C8H12N4/c1-5(2)6-3-7(12-10)8(9)11-4-6/h3-5,10H,1-2H3,(H2,9,11). The number of nitrogens with zero attached hydrogens (tertiary/aromatic N) is 2. The fraction of sp³-hybridized carbons (Fsp3) is 0.375. The van der Waals surface area contributed by atoms with Gasteiger partial charge in [0.25, 0.3) is 0 Å². The van der Waals surface area contributed by atoms with Crippen molar-refractivity contribution in [2.45, 2.75) is 19.8 Å². The van der Waals surface area contributed by atoms with Gasteiger partial charge in [-0.15, -0.1) is 0 Å². The highest BCUT2D eigenvalue weighted by molar-refractivity contribution is 5.57. The first-order valence-corrected chi connectivity index (χ1v) is 3.78. The molecule has 0 atom stereocenters. The molecule has 0 aliphatic heterocycles. The predicted molar refractivity (Wildman–Crippen MR) is 47.5 cm³/mol.